The zero-order valence-electron chi connectivity index (χ0n) is 24.1. The number of benzene rings is 1. The van der Waals surface area contributed by atoms with Crippen LogP contribution in [-0.2, 0) is 25.7 Å². The topological polar surface area (TPSA) is 149 Å². The molecule has 222 valence electrons. The van der Waals surface area contributed by atoms with Gasteiger partial charge in [0.1, 0.15) is 12.1 Å². The Bertz CT molecular complexity index is 1250. The van der Waals surface area contributed by atoms with Gasteiger partial charge in [0.25, 0.3) is 0 Å². The molecule has 3 amide bonds. The number of likely N-dealkylation sites (tertiary alicyclic amines) is 1. The number of aliphatic carboxylic acids is 1. The van der Waals surface area contributed by atoms with Crippen molar-refractivity contribution in [3.8, 4) is 10.4 Å². The number of carboxylic acid groups (broad SMARTS) is 1. The van der Waals surface area contributed by atoms with Crippen molar-refractivity contribution in [2.24, 2.45) is 5.41 Å². The van der Waals surface area contributed by atoms with Gasteiger partial charge in [-0.25, -0.2) is 4.98 Å². The van der Waals surface area contributed by atoms with Gasteiger partial charge in [0.05, 0.1) is 22.2 Å². The number of hydrogen-bond donors (Lipinski definition) is 4. The number of allylic oxidation sites excluding steroid dienone is 2. The molecule has 3 atom stereocenters. The molecule has 1 saturated heterocycles. The molecule has 0 saturated carbocycles. The summed E-state index contributed by atoms with van der Waals surface area (Å²) in [5, 5.41) is 24.8. The molecule has 4 N–H and O–H groups in total. The molecular formula is C30H40N4O6S. The van der Waals surface area contributed by atoms with Crippen molar-refractivity contribution in [1.82, 2.24) is 20.5 Å². The normalized spacial score (nSPS) is 17.9. The standard InChI is InChI=1S/C30H40N4O6S/c1-19-26(41-18-32-19)21-13-11-20(12-14-21)16-31-28(39)23-15-22(35)17-34(23)29(40)27(30(2,3)4)33-24(36)9-7-5-6-8-10-25(37)38/h5-6,11-14,18,22-23,27,35H,7-10,15-17H2,1-4H3,(H,31,39)(H,33,36)(H,37,38)/b6-5+/t22-,23+,27-/m1/s1. The number of aliphatic hydroxyl groups excluding tert-OH is 1. The molecular weight excluding hydrogens is 544 g/mol. The Balaban J connectivity index is 1.60. The van der Waals surface area contributed by atoms with Crippen molar-refractivity contribution < 1.29 is 29.4 Å². The van der Waals surface area contributed by atoms with E-state index in [0.29, 0.717) is 12.8 Å². The summed E-state index contributed by atoms with van der Waals surface area (Å²) in [5.74, 6) is -1.97. The van der Waals surface area contributed by atoms with Crippen LogP contribution in [0.3, 0.4) is 0 Å². The van der Waals surface area contributed by atoms with Gasteiger partial charge in [-0.2, -0.15) is 0 Å². The van der Waals surface area contributed by atoms with Gasteiger partial charge in [0.2, 0.25) is 17.7 Å². The van der Waals surface area contributed by atoms with Crippen molar-refractivity contribution in [3.63, 3.8) is 0 Å². The highest BCUT2D eigenvalue weighted by Crippen LogP contribution is 2.28. The second-order valence-corrected chi connectivity index (χ2v) is 12.2. The molecule has 0 aliphatic carbocycles. The second kappa shape index (κ2) is 14.4. The third kappa shape index (κ3) is 9.22. The molecule has 1 aliphatic heterocycles. The fourth-order valence-corrected chi connectivity index (χ4v) is 5.48. The van der Waals surface area contributed by atoms with Gasteiger partial charge in [0, 0.05) is 32.4 Å². The van der Waals surface area contributed by atoms with E-state index < -0.39 is 35.5 Å². The number of β-amino-alcohol motifs (C(OH)–C–C–N with tert-alkyl or cyclic N) is 1. The number of nitrogens with zero attached hydrogens (tertiary/aromatic N) is 2. The molecule has 1 aliphatic rings. The largest absolute Gasteiger partial charge is 0.481 e. The predicted octanol–water partition coefficient (Wildman–Crippen LogP) is 3.43. The summed E-state index contributed by atoms with van der Waals surface area (Å²) < 4.78 is 0. The first-order valence-corrected chi connectivity index (χ1v) is 14.7. The zero-order valence-corrected chi connectivity index (χ0v) is 24.9. The van der Waals surface area contributed by atoms with E-state index in [4.69, 9.17) is 5.11 Å². The number of aromatic nitrogens is 1. The number of hydrogen-bond acceptors (Lipinski definition) is 7. The van der Waals surface area contributed by atoms with Gasteiger partial charge >= 0.3 is 5.97 Å². The fourth-order valence-electron chi connectivity index (χ4n) is 4.67. The van der Waals surface area contributed by atoms with Crippen LogP contribution in [0.15, 0.2) is 41.9 Å². The van der Waals surface area contributed by atoms with Crippen LogP contribution in [0, 0.1) is 12.3 Å². The Morgan fingerprint density at radius 2 is 1.78 bits per heavy atom. The van der Waals surface area contributed by atoms with Crippen LogP contribution >= 0.6 is 11.3 Å². The maximum absolute atomic E-state index is 13.7. The fraction of sp³-hybridized carbons (Fsp3) is 0.500. The minimum absolute atomic E-state index is 0.00851. The summed E-state index contributed by atoms with van der Waals surface area (Å²) in [5.41, 5.74) is 4.09. The van der Waals surface area contributed by atoms with E-state index in [1.165, 1.54) is 4.90 Å². The van der Waals surface area contributed by atoms with E-state index in [0.717, 1.165) is 21.7 Å². The van der Waals surface area contributed by atoms with Crippen LogP contribution in [0.5, 0.6) is 0 Å². The number of carbonyl (C=O) groups excluding carboxylic acids is 3. The van der Waals surface area contributed by atoms with Crippen molar-refractivity contribution in [3.05, 3.63) is 53.2 Å². The van der Waals surface area contributed by atoms with E-state index in [2.05, 4.69) is 15.6 Å². The highest BCUT2D eigenvalue weighted by molar-refractivity contribution is 7.13. The number of carboxylic acids is 1. The minimum atomic E-state index is -0.894. The van der Waals surface area contributed by atoms with E-state index in [1.54, 1.807) is 23.5 Å². The second-order valence-electron chi connectivity index (χ2n) is 11.4. The van der Waals surface area contributed by atoms with E-state index in [-0.39, 0.29) is 44.2 Å². The molecule has 3 rings (SSSR count). The van der Waals surface area contributed by atoms with Gasteiger partial charge in [-0.3, -0.25) is 19.2 Å². The lowest BCUT2D eigenvalue weighted by Crippen LogP contribution is -2.57. The van der Waals surface area contributed by atoms with Gasteiger partial charge < -0.3 is 25.7 Å². The summed E-state index contributed by atoms with van der Waals surface area (Å²) in [6.07, 6.45) is 3.71. The lowest BCUT2D eigenvalue weighted by atomic mass is 9.85. The van der Waals surface area contributed by atoms with Gasteiger partial charge in [-0.15, -0.1) is 11.3 Å². The maximum Gasteiger partial charge on any atom is 0.303 e. The molecule has 2 aromatic rings. The lowest BCUT2D eigenvalue weighted by Gasteiger charge is -2.35. The summed E-state index contributed by atoms with van der Waals surface area (Å²) in [7, 11) is 0. The Morgan fingerprint density at radius 3 is 2.37 bits per heavy atom. The smallest absolute Gasteiger partial charge is 0.303 e. The van der Waals surface area contributed by atoms with Crippen LogP contribution in [0.25, 0.3) is 10.4 Å². The molecule has 41 heavy (non-hydrogen) atoms. The summed E-state index contributed by atoms with van der Waals surface area (Å²) >= 11 is 1.57. The third-order valence-corrected chi connectivity index (χ3v) is 7.92. The summed E-state index contributed by atoms with van der Waals surface area (Å²) in [4.78, 5) is 56.9. The van der Waals surface area contributed by atoms with Crippen LogP contribution in [-0.4, -0.2) is 68.5 Å². The highest BCUT2D eigenvalue weighted by atomic mass is 32.1. The minimum Gasteiger partial charge on any atom is -0.481 e. The number of aryl methyl sites for hydroxylation is 1. The van der Waals surface area contributed by atoms with Gasteiger partial charge in [-0.1, -0.05) is 57.2 Å². The molecule has 1 fully saturated rings. The Labute approximate surface area is 244 Å². The molecule has 2 heterocycles. The van der Waals surface area contributed by atoms with Crippen molar-refractivity contribution >= 4 is 35.0 Å². The molecule has 10 nitrogen and oxygen atoms in total. The molecule has 0 unspecified atom stereocenters. The van der Waals surface area contributed by atoms with Crippen LogP contribution < -0.4 is 10.6 Å². The van der Waals surface area contributed by atoms with Crippen molar-refractivity contribution in [2.45, 2.75) is 84.5 Å². The van der Waals surface area contributed by atoms with Crippen LogP contribution in [0.1, 0.15) is 64.1 Å². The monoisotopic (exact) mass is 584 g/mol. The number of rotatable bonds is 12. The number of aliphatic hydroxyl groups is 1. The van der Waals surface area contributed by atoms with Crippen LogP contribution in [0.4, 0.5) is 0 Å². The molecule has 1 aromatic carbocycles. The van der Waals surface area contributed by atoms with E-state index >= 15 is 0 Å². The number of carbonyl (C=O) groups is 4. The molecule has 0 spiro atoms. The number of nitrogens with one attached hydrogen (secondary N) is 2. The molecule has 0 bridgehead atoms. The zero-order chi connectivity index (χ0) is 30.2. The maximum atomic E-state index is 13.7. The Morgan fingerprint density at radius 1 is 1.12 bits per heavy atom. The number of thiazole rings is 1. The predicted molar refractivity (Wildman–Crippen MR) is 157 cm³/mol. The summed E-state index contributed by atoms with van der Waals surface area (Å²) in [6, 6.07) is 6.10. The lowest BCUT2D eigenvalue weighted by molar-refractivity contribution is -0.144. The van der Waals surface area contributed by atoms with Gasteiger partial charge in [-0.05, 0) is 36.3 Å². The Hall–Kier alpha value is -3.57. The van der Waals surface area contributed by atoms with Crippen molar-refractivity contribution in [2.75, 3.05) is 6.54 Å². The van der Waals surface area contributed by atoms with E-state index in [9.17, 15) is 24.3 Å². The first-order valence-electron chi connectivity index (χ1n) is 13.8. The van der Waals surface area contributed by atoms with Gasteiger partial charge in [0.15, 0.2) is 0 Å². The van der Waals surface area contributed by atoms with E-state index in [1.807, 2.05) is 57.5 Å². The molecule has 11 heteroatoms. The number of amides is 3. The Kier molecular flexibility index (Phi) is 11.2. The average Bonchev–Trinajstić information content (AvgIpc) is 3.52. The first kappa shape index (κ1) is 32.0. The highest BCUT2D eigenvalue weighted by Gasteiger charge is 2.44. The molecule has 0 radical (unpaired) electrons. The van der Waals surface area contributed by atoms with Crippen LogP contribution in [0.2, 0.25) is 0 Å². The molecule has 1 aromatic heterocycles. The summed E-state index contributed by atoms with van der Waals surface area (Å²) in [6.45, 7) is 7.74. The third-order valence-electron chi connectivity index (χ3n) is 6.94. The van der Waals surface area contributed by atoms with Crippen molar-refractivity contribution in [1.29, 1.82) is 0 Å². The first-order chi connectivity index (χ1) is 19.4. The average molecular weight is 585 g/mol. The SMILES string of the molecule is Cc1ncsc1-c1ccc(CNC(=O)[C@@H]2C[C@@H](O)CN2C(=O)[C@@H](NC(=O)CC/C=C/CCC(=O)O)C(C)(C)C)cc1. The quantitative estimate of drug-likeness (QED) is 0.279.